The lowest BCUT2D eigenvalue weighted by Crippen LogP contribution is -2.48. The number of rotatable bonds is 7. The Kier molecular flexibility index (Phi) is 7.72. The minimum atomic E-state index is -0.162. The van der Waals surface area contributed by atoms with Crippen LogP contribution in [0.4, 0.5) is 4.39 Å². The van der Waals surface area contributed by atoms with Gasteiger partial charge in [-0.15, -0.1) is 0 Å². The molecule has 168 valence electrons. The van der Waals surface area contributed by atoms with Gasteiger partial charge in [0, 0.05) is 38.8 Å². The van der Waals surface area contributed by atoms with E-state index >= 15 is 0 Å². The van der Waals surface area contributed by atoms with E-state index in [2.05, 4.69) is 15.9 Å². The summed E-state index contributed by atoms with van der Waals surface area (Å²) in [6.07, 6.45) is 6.48. The second-order valence-corrected chi connectivity index (χ2v) is 9.13. The molecule has 1 aliphatic carbocycles. The zero-order valence-electron chi connectivity index (χ0n) is 18.3. The Hall–Kier alpha value is -1.79. The molecular formula is C26H35FN2O2. The fourth-order valence-corrected chi connectivity index (χ4v) is 5.43. The average Bonchev–Trinajstić information content (AvgIpc) is 2.82. The SMILES string of the molecule is OCc1ccc(CN2CCN(C(c3ccc(F)cc3)C3CCCCC3)CC2)cc1CO. The smallest absolute Gasteiger partial charge is 0.123 e. The van der Waals surface area contributed by atoms with Crippen LogP contribution in [0.3, 0.4) is 0 Å². The van der Waals surface area contributed by atoms with E-state index in [1.165, 1.54) is 43.2 Å². The van der Waals surface area contributed by atoms with Gasteiger partial charge in [-0.1, -0.05) is 49.6 Å². The molecule has 0 spiro atoms. The monoisotopic (exact) mass is 426 g/mol. The standard InChI is InChI=1S/C26H35FN2O2/c27-25-10-8-22(9-11-25)26(21-4-2-1-3-5-21)29-14-12-28(13-15-29)17-20-6-7-23(18-30)24(16-20)19-31/h6-11,16,21,26,30-31H,1-5,12-15,17-19H2. The van der Waals surface area contributed by atoms with E-state index in [1.54, 1.807) is 12.1 Å². The summed E-state index contributed by atoms with van der Waals surface area (Å²) in [5.74, 6) is 0.495. The second kappa shape index (κ2) is 10.7. The molecule has 2 aliphatic rings. The number of hydrogen-bond acceptors (Lipinski definition) is 4. The number of hydrogen-bond donors (Lipinski definition) is 2. The van der Waals surface area contributed by atoms with E-state index in [0.29, 0.717) is 12.0 Å². The Bertz CT molecular complexity index is 828. The van der Waals surface area contributed by atoms with Gasteiger partial charge in [0.05, 0.1) is 13.2 Å². The Morgan fingerprint density at radius 2 is 1.52 bits per heavy atom. The van der Waals surface area contributed by atoms with Crippen molar-refractivity contribution in [2.45, 2.75) is 57.9 Å². The molecule has 0 amide bonds. The minimum Gasteiger partial charge on any atom is -0.392 e. The summed E-state index contributed by atoms with van der Waals surface area (Å²) in [6.45, 7) is 4.80. The Morgan fingerprint density at radius 3 is 2.16 bits per heavy atom. The second-order valence-electron chi connectivity index (χ2n) is 9.13. The summed E-state index contributed by atoms with van der Waals surface area (Å²) in [5.41, 5.74) is 4.05. The van der Waals surface area contributed by atoms with Gasteiger partial charge >= 0.3 is 0 Å². The van der Waals surface area contributed by atoms with E-state index in [0.717, 1.165) is 43.9 Å². The molecular weight excluding hydrogens is 391 g/mol. The fourth-order valence-electron chi connectivity index (χ4n) is 5.43. The highest BCUT2D eigenvalue weighted by molar-refractivity contribution is 5.31. The summed E-state index contributed by atoms with van der Waals surface area (Å²) in [5, 5.41) is 19.0. The molecule has 1 atom stereocenters. The molecule has 31 heavy (non-hydrogen) atoms. The van der Waals surface area contributed by atoms with Crippen LogP contribution >= 0.6 is 0 Å². The van der Waals surface area contributed by atoms with Crippen LogP contribution in [0.2, 0.25) is 0 Å². The van der Waals surface area contributed by atoms with Gasteiger partial charge in [-0.2, -0.15) is 0 Å². The molecule has 4 nitrogen and oxygen atoms in total. The zero-order valence-corrected chi connectivity index (χ0v) is 18.3. The number of nitrogens with zero attached hydrogens (tertiary/aromatic N) is 2. The molecule has 1 saturated heterocycles. The average molecular weight is 427 g/mol. The largest absolute Gasteiger partial charge is 0.392 e. The van der Waals surface area contributed by atoms with Crippen molar-refractivity contribution in [3.8, 4) is 0 Å². The minimum absolute atomic E-state index is 0.0409. The van der Waals surface area contributed by atoms with E-state index in [9.17, 15) is 14.6 Å². The fraction of sp³-hybridized carbons (Fsp3) is 0.538. The highest BCUT2D eigenvalue weighted by atomic mass is 19.1. The third kappa shape index (κ3) is 5.53. The van der Waals surface area contributed by atoms with Gasteiger partial charge in [-0.05, 0) is 53.1 Å². The van der Waals surface area contributed by atoms with E-state index in [4.69, 9.17) is 0 Å². The first-order valence-corrected chi connectivity index (χ1v) is 11.7. The maximum Gasteiger partial charge on any atom is 0.123 e. The van der Waals surface area contributed by atoms with Crippen molar-refractivity contribution >= 4 is 0 Å². The quantitative estimate of drug-likeness (QED) is 0.695. The van der Waals surface area contributed by atoms with Crippen LogP contribution in [0.15, 0.2) is 42.5 Å². The van der Waals surface area contributed by atoms with Crippen molar-refractivity contribution in [1.29, 1.82) is 0 Å². The van der Waals surface area contributed by atoms with Crippen LogP contribution in [0.5, 0.6) is 0 Å². The molecule has 4 rings (SSSR count). The molecule has 2 aromatic rings. The predicted octanol–water partition coefficient (Wildman–Crippen LogP) is 4.25. The van der Waals surface area contributed by atoms with Crippen molar-refractivity contribution in [3.05, 3.63) is 70.5 Å². The lowest BCUT2D eigenvalue weighted by molar-refractivity contribution is 0.0547. The van der Waals surface area contributed by atoms with Crippen molar-refractivity contribution in [2.24, 2.45) is 5.92 Å². The van der Waals surface area contributed by atoms with Crippen molar-refractivity contribution < 1.29 is 14.6 Å². The van der Waals surface area contributed by atoms with Gasteiger partial charge in [0.1, 0.15) is 5.82 Å². The summed E-state index contributed by atoms with van der Waals surface area (Å²) in [6, 6.07) is 13.6. The Balaban J connectivity index is 1.42. The molecule has 2 fully saturated rings. The van der Waals surface area contributed by atoms with Crippen LogP contribution in [-0.4, -0.2) is 46.2 Å². The summed E-state index contributed by atoms with van der Waals surface area (Å²) < 4.78 is 13.5. The molecule has 0 bridgehead atoms. The van der Waals surface area contributed by atoms with E-state index in [-0.39, 0.29) is 19.0 Å². The first-order chi connectivity index (χ1) is 15.2. The molecule has 2 N–H and O–H groups in total. The molecule has 1 aliphatic heterocycles. The number of halogens is 1. The van der Waals surface area contributed by atoms with E-state index < -0.39 is 0 Å². The normalized spacial score (nSPS) is 20.1. The van der Waals surface area contributed by atoms with Crippen LogP contribution in [0, 0.1) is 11.7 Å². The first kappa shape index (κ1) is 22.4. The van der Waals surface area contributed by atoms with Gasteiger partial charge in [0.2, 0.25) is 0 Å². The molecule has 1 heterocycles. The highest BCUT2D eigenvalue weighted by Crippen LogP contribution is 2.39. The van der Waals surface area contributed by atoms with Crippen LogP contribution in [0.25, 0.3) is 0 Å². The summed E-state index contributed by atoms with van der Waals surface area (Å²) in [4.78, 5) is 5.09. The van der Waals surface area contributed by atoms with Gasteiger partial charge in [0.15, 0.2) is 0 Å². The zero-order chi connectivity index (χ0) is 21.6. The third-order valence-electron chi connectivity index (χ3n) is 7.13. The highest BCUT2D eigenvalue weighted by Gasteiger charge is 2.32. The molecule has 1 saturated carbocycles. The van der Waals surface area contributed by atoms with Gasteiger partial charge in [-0.25, -0.2) is 4.39 Å². The van der Waals surface area contributed by atoms with E-state index in [1.807, 2.05) is 24.3 Å². The van der Waals surface area contributed by atoms with Gasteiger partial charge in [0.25, 0.3) is 0 Å². The summed E-state index contributed by atoms with van der Waals surface area (Å²) >= 11 is 0. The summed E-state index contributed by atoms with van der Waals surface area (Å²) in [7, 11) is 0. The lowest BCUT2D eigenvalue weighted by Gasteiger charge is -2.43. The van der Waals surface area contributed by atoms with Crippen LogP contribution in [0.1, 0.15) is 60.4 Å². The van der Waals surface area contributed by atoms with Gasteiger partial charge in [-0.3, -0.25) is 9.80 Å². The van der Waals surface area contributed by atoms with Crippen LogP contribution in [-0.2, 0) is 19.8 Å². The third-order valence-corrected chi connectivity index (χ3v) is 7.13. The van der Waals surface area contributed by atoms with Crippen LogP contribution < -0.4 is 0 Å². The Morgan fingerprint density at radius 1 is 0.839 bits per heavy atom. The van der Waals surface area contributed by atoms with Crippen molar-refractivity contribution in [3.63, 3.8) is 0 Å². The predicted molar refractivity (Wildman–Crippen MR) is 121 cm³/mol. The number of aliphatic hydroxyl groups excluding tert-OH is 2. The maximum atomic E-state index is 13.5. The number of piperazine rings is 1. The first-order valence-electron chi connectivity index (χ1n) is 11.7. The molecule has 1 unspecified atom stereocenters. The molecule has 0 aromatic heterocycles. The van der Waals surface area contributed by atoms with Crippen molar-refractivity contribution in [2.75, 3.05) is 26.2 Å². The lowest BCUT2D eigenvalue weighted by atomic mass is 9.80. The maximum absolute atomic E-state index is 13.5. The molecule has 0 radical (unpaired) electrons. The number of aliphatic hydroxyl groups is 2. The van der Waals surface area contributed by atoms with Gasteiger partial charge < -0.3 is 10.2 Å². The molecule has 2 aromatic carbocycles. The Labute approximate surface area is 185 Å². The molecule has 5 heteroatoms. The topological polar surface area (TPSA) is 46.9 Å². The number of benzene rings is 2. The van der Waals surface area contributed by atoms with Crippen molar-refractivity contribution in [1.82, 2.24) is 9.80 Å².